The predicted octanol–water partition coefficient (Wildman–Crippen LogP) is -0.744. The minimum atomic E-state index is -1.52. The second-order valence-electron chi connectivity index (χ2n) is 6.19. The summed E-state index contributed by atoms with van der Waals surface area (Å²) in [4.78, 5) is 0. The Kier molecular flexibility index (Phi) is 7.93. The number of allylic oxidation sites excluding steroid dienone is 5. The van der Waals surface area contributed by atoms with Crippen molar-refractivity contribution in [2.75, 3.05) is 0 Å². The van der Waals surface area contributed by atoms with Gasteiger partial charge in [0, 0.05) is 0 Å². The van der Waals surface area contributed by atoms with Crippen LogP contribution < -0.4 is 24.8 Å². The molecule has 0 amide bonds. The summed E-state index contributed by atoms with van der Waals surface area (Å²) in [6, 6.07) is 9.11. The first-order chi connectivity index (χ1) is 9.58. The van der Waals surface area contributed by atoms with Crippen molar-refractivity contribution in [3.05, 3.63) is 62.0 Å². The molecule has 0 fully saturated rings. The number of halogens is 2. The Labute approximate surface area is 155 Å². The van der Waals surface area contributed by atoms with E-state index >= 15 is 0 Å². The monoisotopic (exact) mass is 472 g/mol. The summed E-state index contributed by atoms with van der Waals surface area (Å²) >= 11 is -1.52. The molecule has 22 heavy (non-hydrogen) atoms. The average molecular weight is 473 g/mol. The van der Waals surface area contributed by atoms with Crippen LogP contribution in [0.25, 0.3) is 6.08 Å². The van der Waals surface area contributed by atoms with Crippen molar-refractivity contribution in [3.8, 4) is 0 Å². The van der Waals surface area contributed by atoms with Crippen LogP contribution in [0, 0.1) is 0 Å². The van der Waals surface area contributed by atoms with E-state index in [1.54, 1.807) is 11.1 Å². The van der Waals surface area contributed by atoms with Crippen LogP contribution in [0.4, 0.5) is 0 Å². The smallest absolute Gasteiger partial charge is 1.00 e. The molecule has 1 aromatic carbocycles. The first-order valence-electron chi connectivity index (χ1n) is 7.40. The van der Waals surface area contributed by atoms with Gasteiger partial charge in [0.15, 0.2) is 0 Å². The number of rotatable bonds is 2. The molecular weight excluding hydrogens is 451 g/mol. The van der Waals surface area contributed by atoms with Gasteiger partial charge in [0.05, 0.1) is 0 Å². The standard InChI is InChI=1S/C10H9.C6H7.C2H6Ge.2ClH.Zr/c1-8-6-9-4-2-3-5-10(9)7-8;1-6-4-2-3-5-6;1-3-2;;;/h2-7H,1H3;4-5H,2H2,1H3;1-2H3;2*1H;/q;;;;;+2/p-2. The molecule has 0 spiro atoms. The molecule has 2 aliphatic carbocycles. The molecule has 0 N–H and O–H groups in total. The van der Waals surface area contributed by atoms with E-state index in [-0.39, 0.29) is 24.8 Å². The molecule has 0 aromatic heterocycles. The van der Waals surface area contributed by atoms with Crippen LogP contribution in [-0.4, -0.2) is 9.98 Å². The molecule has 1 aromatic rings. The first kappa shape index (κ1) is 20.5. The maximum absolute atomic E-state index is 2.62. The second-order valence-corrected chi connectivity index (χ2v) is 34.9. The third-order valence-electron chi connectivity index (χ3n) is 4.36. The first-order valence-corrected chi connectivity index (χ1v) is 21.7. The Bertz CT molecular complexity index is 695. The molecule has 1 unspecified atom stereocenters. The van der Waals surface area contributed by atoms with Gasteiger partial charge >= 0.3 is 132 Å². The van der Waals surface area contributed by atoms with Crippen molar-refractivity contribution in [1.29, 1.82) is 0 Å². The summed E-state index contributed by atoms with van der Waals surface area (Å²) in [5, 5.41) is 0. The maximum Gasteiger partial charge on any atom is -1.00 e. The molecule has 0 aliphatic heterocycles. The Morgan fingerprint density at radius 2 is 1.73 bits per heavy atom. The molecule has 4 heteroatoms. The normalized spacial score (nSPS) is 18.0. The van der Waals surface area contributed by atoms with Gasteiger partial charge < -0.3 is 24.8 Å². The van der Waals surface area contributed by atoms with Gasteiger partial charge in [-0.2, -0.15) is 0 Å². The van der Waals surface area contributed by atoms with Crippen molar-refractivity contribution in [3.63, 3.8) is 0 Å². The SMILES string of the molecule is CC1=CC[C]([Zr+2]([CH]2C(C)=Cc3ccccc32)=[Ge]([CH3])[CH3])=C1.[Cl-].[Cl-]. The zero-order chi connectivity index (χ0) is 14.3. The van der Waals surface area contributed by atoms with Crippen LogP contribution in [0.3, 0.4) is 0 Å². The zero-order valence-corrected chi connectivity index (χ0v) is 19.6. The van der Waals surface area contributed by atoms with E-state index in [1.165, 1.54) is 17.6 Å². The van der Waals surface area contributed by atoms with Gasteiger partial charge in [-0.15, -0.1) is 0 Å². The number of fused-ring (bicyclic) bond motifs is 1. The summed E-state index contributed by atoms with van der Waals surface area (Å²) < 4.78 is 2.73. The van der Waals surface area contributed by atoms with E-state index in [1.807, 2.05) is 3.28 Å². The van der Waals surface area contributed by atoms with Crippen molar-refractivity contribution >= 4 is 16.1 Å². The van der Waals surface area contributed by atoms with Crippen LogP contribution in [0.1, 0.15) is 35.0 Å². The molecule has 3 rings (SSSR count). The molecule has 2 aliphatic rings. The van der Waals surface area contributed by atoms with Crippen molar-refractivity contribution in [2.45, 2.75) is 35.4 Å². The predicted molar refractivity (Wildman–Crippen MR) is 86.8 cm³/mol. The molecule has 0 saturated heterocycles. The van der Waals surface area contributed by atoms with E-state index in [0.717, 1.165) is 3.63 Å². The van der Waals surface area contributed by atoms with E-state index in [0.29, 0.717) is 0 Å². The van der Waals surface area contributed by atoms with Crippen LogP contribution >= 0.6 is 0 Å². The van der Waals surface area contributed by atoms with Crippen LogP contribution in [-0.2, 0) is 18.6 Å². The van der Waals surface area contributed by atoms with Gasteiger partial charge in [-0.25, -0.2) is 0 Å². The summed E-state index contributed by atoms with van der Waals surface area (Å²) in [7, 11) is -0.847. The fraction of sp³-hybridized carbons (Fsp3) is 0.333. The molecule has 0 nitrogen and oxygen atoms in total. The third-order valence-corrected chi connectivity index (χ3v) is 33.8. The minimum Gasteiger partial charge on any atom is -1.00 e. The number of benzene rings is 1. The molecule has 116 valence electrons. The Morgan fingerprint density at radius 1 is 1.05 bits per heavy atom. The molecule has 1 atom stereocenters. The largest absolute Gasteiger partial charge is 1.00 e. The number of hydrogen-bond acceptors (Lipinski definition) is 0. The summed E-state index contributed by atoms with van der Waals surface area (Å²) in [6.07, 6.45) is 8.71. The van der Waals surface area contributed by atoms with Crippen LogP contribution in [0.15, 0.2) is 50.8 Å². The minimum absolute atomic E-state index is 0. The van der Waals surface area contributed by atoms with E-state index in [2.05, 4.69) is 67.9 Å². The fourth-order valence-corrected chi connectivity index (χ4v) is 33.9. The summed E-state index contributed by atoms with van der Waals surface area (Å²) in [5.74, 6) is 5.24. The molecular formula is C18H22Cl2GeZr. The Morgan fingerprint density at radius 3 is 2.32 bits per heavy atom. The molecule has 0 bridgehead atoms. The Balaban J connectivity index is 0.00000121. The molecule has 0 saturated carbocycles. The van der Waals surface area contributed by atoms with Gasteiger partial charge in [0.25, 0.3) is 0 Å². The van der Waals surface area contributed by atoms with E-state index in [4.69, 9.17) is 0 Å². The quantitative estimate of drug-likeness (QED) is 0.497. The second kappa shape index (κ2) is 8.52. The topological polar surface area (TPSA) is 0 Å². The van der Waals surface area contributed by atoms with Gasteiger partial charge in [0.2, 0.25) is 0 Å². The summed E-state index contributed by atoms with van der Waals surface area (Å²) in [6.45, 7) is 4.65. The molecule has 0 heterocycles. The van der Waals surface area contributed by atoms with Gasteiger partial charge in [-0.3, -0.25) is 0 Å². The van der Waals surface area contributed by atoms with Crippen LogP contribution in [0.2, 0.25) is 11.5 Å². The average Bonchev–Trinajstić information content (AvgIpc) is 2.95. The van der Waals surface area contributed by atoms with Crippen molar-refractivity contribution < 1.29 is 43.4 Å². The third kappa shape index (κ3) is 3.91. The number of hydrogen-bond donors (Lipinski definition) is 0. The van der Waals surface area contributed by atoms with Gasteiger partial charge in [-0.05, 0) is 0 Å². The van der Waals surface area contributed by atoms with E-state index < -0.39 is 28.6 Å². The van der Waals surface area contributed by atoms with E-state index in [9.17, 15) is 0 Å². The van der Waals surface area contributed by atoms with Gasteiger partial charge in [0.1, 0.15) is 0 Å². The van der Waals surface area contributed by atoms with Crippen molar-refractivity contribution in [1.82, 2.24) is 0 Å². The molecule has 0 radical (unpaired) electrons. The van der Waals surface area contributed by atoms with Gasteiger partial charge in [-0.1, -0.05) is 0 Å². The fourth-order valence-electron chi connectivity index (χ4n) is 3.51. The van der Waals surface area contributed by atoms with Crippen LogP contribution in [0.5, 0.6) is 0 Å². The maximum atomic E-state index is 2.62. The Hall–Kier alpha value is 0.446. The zero-order valence-electron chi connectivity index (χ0n) is 13.6. The van der Waals surface area contributed by atoms with Crippen molar-refractivity contribution in [2.24, 2.45) is 0 Å². The summed E-state index contributed by atoms with van der Waals surface area (Å²) in [5.41, 5.74) is 6.31.